The quantitative estimate of drug-likeness (QED) is 0.129. The predicted octanol–water partition coefficient (Wildman–Crippen LogP) is 6.19. The average molecular weight is 647 g/mol. The first-order valence-corrected chi connectivity index (χ1v) is 14.2. The highest BCUT2D eigenvalue weighted by Crippen LogP contribution is 2.31. The third-order valence-electron chi connectivity index (χ3n) is 6.73. The van der Waals surface area contributed by atoms with Crippen LogP contribution in [0.2, 0.25) is 15.2 Å². The lowest BCUT2D eigenvalue weighted by molar-refractivity contribution is 0.425. The van der Waals surface area contributed by atoms with E-state index in [9.17, 15) is 4.39 Å². The fraction of sp³-hybridized carbons (Fsp3) is 0.0333. The van der Waals surface area contributed by atoms with Gasteiger partial charge in [-0.15, -0.1) is 0 Å². The van der Waals surface area contributed by atoms with Crippen LogP contribution in [0.15, 0.2) is 85.5 Å². The predicted molar refractivity (Wildman–Crippen MR) is 173 cm³/mol. The van der Waals surface area contributed by atoms with Gasteiger partial charge in [-0.1, -0.05) is 59.1 Å². The van der Waals surface area contributed by atoms with Crippen LogP contribution < -0.4 is 10.8 Å². The molecule has 0 atom stereocenters. The third kappa shape index (κ3) is 6.14. The molecule has 0 saturated heterocycles. The number of aromatic nitrogens is 6. The summed E-state index contributed by atoms with van der Waals surface area (Å²) >= 11 is 18.1. The Hall–Kier alpha value is -4.39. The number of rotatable bonds is 5. The molecule has 0 aliphatic carbocycles. The van der Waals surface area contributed by atoms with Gasteiger partial charge in [-0.2, -0.15) is 0 Å². The van der Waals surface area contributed by atoms with E-state index in [0.717, 1.165) is 27.7 Å². The van der Waals surface area contributed by atoms with Gasteiger partial charge in [0.2, 0.25) is 0 Å². The van der Waals surface area contributed by atoms with Crippen LogP contribution in [0.25, 0.3) is 44.1 Å². The lowest BCUT2D eigenvalue weighted by atomic mass is 9.81. The second kappa shape index (κ2) is 12.7. The highest BCUT2D eigenvalue weighted by molar-refractivity contribution is 6.62. The first kappa shape index (κ1) is 29.7. The van der Waals surface area contributed by atoms with Gasteiger partial charge in [-0.05, 0) is 54.1 Å². The topological polar surface area (TPSA) is 133 Å². The number of nitrogens with one attached hydrogen (secondary N) is 2. The number of nitrogens with zero attached hydrogens (tertiary/aromatic N) is 5. The van der Waals surface area contributed by atoms with Gasteiger partial charge in [-0.3, -0.25) is 4.98 Å². The zero-order valence-electron chi connectivity index (χ0n) is 22.5. The van der Waals surface area contributed by atoms with Gasteiger partial charge in [0.05, 0.1) is 29.6 Å². The van der Waals surface area contributed by atoms with E-state index in [1.165, 1.54) is 24.5 Å². The molecule has 4 aromatic heterocycles. The summed E-state index contributed by atoms with van der Waals surface area (Å²) in [5.41, 5.74) is 5.10. The second-order valence-electron chi connectivity index (χ2n) is 9.53. The largest absolute Gasteiger partial charge is 0.491 e. The Kier molecular flexibility index (Phi) is 8.56. The summed E-state index contributed by atoms with van der Waals surface area (Å²) in [6.07, 6.45) is 3.02. The van der Waals surface area contributed by atoms with Crippen LogP contribution in [0.1, 0.15) is 5.69 Å². The van der Waals surface area contributed by atoms with E-state index in [-0.39, 0.29) is 16.4 Å². The first-order valence-electron chi connectivity index (χ1n) is 13.1. The smallest absolute Gasteiger partial charge is 0.423 e. The molecule has 0 unspecified atom stereocenters. The van der Waals surface area contributed by atoms with Crippen molar-refractivity contribution in [3.63, 3.8) is 0 Å². The van der Waals surface area contributed by atoms with Crippen LogP contribution in [-0.2, 0) is 6.54 Å². The summed E-state index contributed by atoms with van der Waals surface area (Å²) in [6, 6.07) is 20.7. The van der Waals surface area contributed by atoms with Crippen molar-refractivity contribution >= 4 is 86.2 Å². The summed E-state index contributed by atoms with van der Waals surface area (Å²) in [5.74, 6) is 0.307. The third-order valence-corrected chi connectivity index (χ3v) is 7.69. The maximum absolute atomic E-state index is 13.9. The Labute approximate surface area is 264 Å². The van der Waals surface area contributed by atoms with Crippen LogP contribution >= 0.6 is 34.8 Å². The molecule has 44 heavy (non-hydrogen) atoms. The van der Waals surface area contributed by atoms with Crippen molar-refractivity contribution in [2.75, 3.05) is 5.32 Å². The minimum Gasteiger partial charge on any atom is -0.423 e. The number of hydrogen-bond acceptors (Lipinski definition) is 8. The molecule has 0 aliphatic rings. The Morgan fingerprint density at radius 3 is 2.25 bits per heavy atom. The fourth-order valence-corrected chi connectivity index (χ4v) is 5.33. The molecule has 4 N–H and O–H groups in total. The molecule has 0 bridgehead atoms. The molecule has 0 fully saturated rings. The van der Waals surface area contributed by atoms with Crippen LogP contribution in [0.4, 0.5) is 10.2 Å². The maximum Gasteiger partial charge on any atom is 0.491 e. The van der Waals surface area contributed by atoms with Gasteiger partial charge in [0, 0.05) is 31.8 Å². The van der Waals surface area contributed by atoms with Gasteiger partial charge in [0.15, 0.2) is 11.5 Å². The average Bonchev–Trinajstić information content (AvgIpc) is 3.50. The molecule has 7 rings (SSSR count). The molecular weight excluding hydrogens is 627 g/mol. The van der Waals surface area contributed by atoms with Gasteiger partial charge < -0.3 is 20.3 Å². The monoisotopic (exact) mass is 645 g/mol. The molecule has 9 nitrogen and oxygen atoms in total. The van der Waals surface area contributed by atoms with E-state index >= 15 is 0 Å². The van der Waals surface area contributed by atoms with Gasteiger partial charge in [0.25, 0.3) is 0 Å². The van der Waals surface area contributed by atoms with Gasteiger partial charge in [-0.25, -0.2) is 24.3 Å². The van der Waals surface area contributed by atoms with E-state index < -0.39 is 7.12 Å². The molecule has 218 valence electrons. The Balaban J connectivity index is 0.000000193. The number of aromatic amines is 1. The Bertz CT molecular complexity index is 2150. The van der Waals surface area contributed by atoms with Crippen molar-refractivity contribution in [3.05, 3.63) is 112 Å². The number of pyridine rings is 2. The molecule has 7 aromatic rings. The Morgan fingerprint density at radius 1 is 0.818 bits per heavy atom. The lowest BCUT2D eigenvalue weighted by Gasteiger charge is -2.13. The molecular formula is C30H20BCl3FN7O2. The summed E-state index contributed by atoms with van der Waals surface area (Å²) in [7, 11) is -1.65. The van der Waals surface area contributed by atoms with Crippen LogP contribution in [0.5, 0.6) is 0 Å². The van der Waals surface area contributed by atoms with Crippen molar-refractivity contribution in [1.82, 2.24) is 29.9 Å². The van der Waals surface area contributed by atoms with E-state index in [1.807, 2.05) is 30.3 Å². The highest BCUT2D eigenvalue weighted by atomic mass is 35.5. The number of halogens is 4. The van der Waals surface area contributed by atoms with Crippen molar-refractivity contribution in [2.45, 2.75) is 6.54 Å². The van der Waals surface area contributed by atoms with Gasteiger partial charge in [0.1, 0.15) is 22.8 Å². The molecule has 0 spiro atoms. The van der Waals surface area contributed by atoms with E-state index in [2.05, 4.69) is 30.2 Å². The van der Waals surface area contributed by atoms with Crippen molar-refractivity contribution in [1.29, 1.82) is 0 Å². The minimum atomic E-state index is -1.65. The van der Waals surface area contributed by atoms with Crippen molar-refractivity contribution in [2.24, 2.45) is 0 Å². The number of anilines is 1. The summed E-state index contributed by atoms with van der Waals surface area (Å²) in [6.45, 7) is 0.374. The molecule has 4 heterocycles. The molecule has 0 aliphatic heterocycles. The number of hydrogen-bond donors (Lipinski definition) is 4. The summed E-state index contributed by atoms with van der Waals surface area (Å²) < 4.78 is 13.9. The highest BCUT2D eigenvalue weighted by Gasteiger charge is 2.18. The molecule has 0 radical (unpaired) electrons. The molecule has 3 aromatic carbocycles. The van der Waals surface area contributed by atoms with E-state index in [0.29, 0.717) is 44.5 Å². The normalized spacial score (nSPS) is 11.0. The molecule has 0 saturated carbocycles. The van der Waals surface area contributed by atoms with Gasteiger partial charge >= 0.3 is 7.12 Å². The number of benzene rings is 3. The fourth-order valence-electron chi connectivity index (χ4n) is 4.64. The zero-order chi connectivity index (χ0) is 30.8. The number of fused-ring (bicyclic) bond motifs is 3. The second-order valence-corrected chi connectivity index (χ2v) is 10.7. The van der Waals surface area contributed by atoms with Crippen molar-refractivity contribution < 1.29 is 14.4 Å². The Morgan fingerprint density at radius 2 is 1.52 bits per heavy atom. The molecule has 14 heteroatoms. The van der Waals surface area contributed by atoms with E-state index in [4.69, 9.17) is 49.8 Å². The van der Waals surface area contributed by atoms with Crippen molar-refractivity contribution in [3.8, 4) is 11.1 Å². The van der Waals surface area contributed by atoms with E-state index in [1.54, 1.807) is 30.6 Å². The summed E-state index contributed by atoms with van der Waals surface area (Å²) in [4.78, 5) is 24.4. The maximum atomic E-state index is 13.9. The van der Waals surface area contributed by atoms with Crippen LogP contribution in [0, 0.1) is 5.82 Å². The lowest BCUT2D eigenvalue weighted by Crippen LogP contribution is -2.31. The zero-order valence-corrected chi connectivity index (χ0v) is 24.8. The minimum absolute atomic E-state index is 0.0692. The molecule has 0 amide bonds. The van der Waals surface area contributed by atoms with Crippen LogP contribution in [-0.4, -0.2) is 47.1 Å². The van der Waals surface area contributed by atoms with Crippen LogP contribution in [0.3, 0.4) is 0 Å². The number of H-pyrrole nitrogens is 1. The SMILES string of the molecule is Fc1cccc(-c2cc3c(Cl)cccc3nc2CNc2ncnc3nc[nH]c23)c1.OB(O)c1cc2c(Cl)cccc2nc1Cl. The first-order chi connectivity index (χ1) is 21.3. The summed E-state index contributed by atoms with van der Waals surface area (Å²) in [5, 5.41) is 24.0. The standard InChI is InChI=1S/C21H14ClFN6.C9H6BCl2NO2/c22-16-5-2-6-17-15(16)8-14(12-3-1-4-13(23)7-12)18(29-17)9-24-20-19-21(26-10-25-19)28-11-27-20;11-7-2-1-3-8-5(7)4-6(10(14)15)9(12)13-8/h1-8,10-11H,9H2,(H2,24,25,26,27,28);1-4,14-15H. The number of imidazole rings is 1.